The third-order valence-corrected chi connectivity index (χ3v) is 5.29. The van der Waals surface area contributed by atoms with E-state index in [9.17, 15) is 4.79 Å². The predicted molar refractivity (Wildman–Crippen MR) is 104 cm³/mol. The van der Waals surface area contributed by atoms with Crippen molar-refractivity contribution in [1.29, 1.82) is 0 Å². The molecule has 0 bridgehead atoms. The number of hydrogen-bond acceptors (Lipinski definition) is 3. The first-order valence-electron chi connectivity index (χ1n) is 9.06. The van der Waals surface area contributed by atoms with Crippen LogP contribution in [0.3, 0.4) is 0 Å². The second kappa shape index (κ2) is 7.26. The highest BCUT2D eigenvalue weighted by atomic mass is 16.2. The fraction of sp³-hybridized carbons (Fsp3) is 0.273. The Kier molecular flexibility index (Phi) is 4.67. The van der Waals surface area contributed by atoms with E-state index >= 15 is 0 Å². The number of nitrogens with zero attached hydrogens (tertiary/aromatic N) is 2. The molecule has 1 N–H and O–H groups in total. The number of pyridine rings is 1. The van der Waals surface area contributed by atoms with E-state index in [0.29, 0.717) is 6.42 Å². The lowest BCUT2D eigenvalue weighted by molar-refractivity contribution is -0.127. The average molecular weight is 345 g/mol. The van der Waals surface area contributed by atoms with Crippen molar-refractivity contribution in [3.05, 3.63) is 78.1 Å². The number of aromatic nitrogens is 1. The predicted octanol–water partition coefficient (Wildman–Crippen LogP) is 3.54. The van der Waals surface area contributed by atoms with Crippen LogP contribution < -0.4 is 5.32 Å². The van der Waals surface area contributed by atoms with Crippen molar-refractivity contribution >= 4 is 16.7 Å². The van der Waals surface area contributed by atoms with Crippen molar-refractivity contribution in [3.8, 4) is 0 Å². The number of rotatable bonds is 5. The second-order valence-electron chi connectivity index (χ2n) is 7.01. The van der Waals surface area contributed by atoms with Crippen molar-refractivity contribution in [2.45, 2.75) is 19.0 Å². The average Bonchev–Trinajstić information content (AvgIpc) is 2.96. The molecule has 1 aromatic heterocycles. The van der Waals surface area contributed by atoms with Crippen molar-refractivity contribution in [3.63, 3.8) is 0 Å². The lowest BCUT2D eigenvalue weighted by Crippen LogP contribution is -2.29. The summed E-state index contributed by atoms with van der Waals surface area (Å²) in [5.41, 5.74) is 2.42. The van der Waals surface area contributed by atoms with E-state index in [4.69, 9.17) is 0 Å². The van der Waals surface area contributed by atoms with Crippen LogP contribution >= 0.6 is 0 Å². The molecular formula is C22H23N3O. The summed E-state index contributed by atoms with van der Waals surface area (Å²) in [5.74, 6) is 0.486. The molecule has 0 spiro atoms. The van der Waals surface area contributed by atoms with E-state index in [-0.39, 0.29) is 17.9 Å². The lowest BCUT2D eigenvalue weighted by atomic mass is 9.94. The van der Waals surface area contributed by atoms with E-state index in [1.807, 2.05) is 24.1 Å². The smallest absolute Gasteiger partial charge is 0.223 e. The summed E-state index contributed by atoms with van der Waals surface area (Å²) in [4.78, 5) is 18.2. The summed E-state index contributed by atoms with van der Waals surface area (Å²) in [6.45, 7) is 1.62. The third-order valence-electron chi connectivity index (χ3n) is 5.29. The first-order valence-corrected chi connectivity index (χ1v) is 9.06. The maximum Gasteiger partial charge on any atom is 0.223 e. The largest absolute Gasteiger partial charge is 0.338 e. The molecule has 4 rings (SSSR count). The maximum absolute atomic E-state index is 12.2. The molecule has 2 heterocycles. The molecule has 4 nitrogen and oxygen atoms in total. The number of likely N-dealkylation sites (tertiary alicyclic amines) is 1. The summed E-state index contributed by atoms with van der Waals surface area (Å²) >= 11 is 0. The molecule has 0 aliphatic carbocycles. The van der Waals surface area contributed by atoms with Gasteiger partial charge in [-0.05, 0) is 40.1 Å². The molecule has 132 valence electrons. The SMILES string of the molecule is CN1C(=O)C[C@@H](CNCc2ccc3ccccc3c2)[C@@H]1c1ccncc1. The van der Waals surface area contributed by atoms with Crippen LogP contribution in [0.25, 0.3) is 10.8 Å². The van der Waals surface area contributed by atoms with Crippen LogP contribution in [-0.2, 0) is 11.3 Å². The quantitative estimate of drug-likeness (QED) is 0.769. The molecule has 1 aliphatic rings. The molecule has 1 amide bonds. The van der Waals surface area contributed by atoms with Gasteiger partial charge in [0.05, 0.1) is 6.04 Å². The van der Waals surface area contributed by atoms with Crippen LogP contribution in [0.4, 0.5) is 0 Å². The van der Waals surface area contributed by atoms with Gasteiger partial charge >= 0.3 is 0 Å². The monoisotopic (exact) mass is 345 g/mol. The number of hydrogen-bond donors (Lipinski definition) is 1. The normalized spacial score (nSPS) is 20.0. The van der Waals surface area contributed by atoms with Gasteiger partial charge in [-0.1, -0.05) is 36.4 Å². The van der Waals surface area contributed by atoms with E-state index in [1.54, 1.807) is 12.4 Å². The van der Waals surface area contributed by atoms with Crippen molar-refractivity contribution in [2.24, 2.45) is 5.92 Å². The van der Waals surface area contributed by atoms with Crippen molar-refractivity contribution < 1.29 is 4.79 Å². The minimum atomic E-state index is 0.120. The van der Waals surface area contributed by atoms with Crippen LogP contribution in [0.15, 0.2) is 67.0 Å². The van der Waals surface area contributed by atoms with Gasteiger partial charge in [0.1, 0.15) is 0 Å². The Morgan fingerprint density at radius 1 is 1.08 bits per heavy atom. The number of fused-ring (bicyclic) bond motifs is 1. The Labute approximate surface area is 153 Å². The highest BCUT2D eigenvalue weighted by molar-refractivity contribution is 5.83. The van der Waals surface area contributed by atoms with Crippen molar-refractivity contribution in [1.82, 2.24) is 15.2 Å². The van der Waals surface area contributed by atoms with Gasteiger partial charge in [0.2, 0.25) is 5.91 Å². The molecule has 0 radical (unpaired) electrons. The zero-order chi connectivity index (χ0) is 17.9. The Balaban J connectivity index is 1.43. The van der Waals surface area contributed by atoms with E-state index < -0.39 is 0 Å². The molecule has 2 atom stereocenters. The van der Waals surface area contributed by atoms with Gasteiger partial charge in [0.25, 0.3) is 0 Å². The van der Waals surface area contributed by atoms with Gasteiger partial charge in [-0.15, -0.1) is 0 Å². The molecule has 0 saturated carbocycles. The maximum atomic E-state index is 12.2. The minimum absolute atomic E-state index is 0.120. The highest BCUT2D eigenvalue weighted by Gasteiger charge is 2.37. The van der Waals surface area contributed by atoms with Crippen LogP contribution in [0.5, 0.6) is 0 Å². The van der Waals surface area contributed by atoms with Gasteiger partial charge in [-0.2, -0.15) is 0 Å². The standard InChI is InChI=1S/C22H23N3O/c1-25-21(26)13-20(22(25)18-8-10-23-11-9-18)15-24-14-16-6-7-17-4-2-3-5-19(17)12-16/h2-12,20,22,24H,13-15H2,1H3/t20-,22-/m0/s1. The summed E-state index contributed by atoms with van der Waals surface area (Å²) in [7, 11) is 1.90. The van der Waals surface area contributed by atoms with Gasteiger partial charge in [0, 0.05) is 44.9 Å². The van der Waals surface area contributed by atoms with Gasteiger partial charge < -0.3 is 10.2 Å². The zero-order valence-electron chi connectivity index (χ0n) is 14.9. The summed E-state index contributed by atoms with van der Waals surface area (Å²) < 4.78 is 0. The summed E-state index contributed by atoms with van der Waals surface area (Å²) in [6, 6.07) is 19.1. The second-order valence-corrected chi connectivity index (χ2v) is 7.01. The van der Waals surface area contributed by atoms with Crippen LogP contribution in [0.1, 0.15) is 23.6 Å². The number of carbonyl (C=O) groups is 1. The fourth-order valence-electron chi connectivity index (χ4n) is 3.94. The molecule has 1 saturated heterocycles. The topological polar surface area (TPSA) is 45.2 Å². The molecule has 1 fully saturated rings. The number of amides is 1. The number of nitrogens with one attached hydrogen (secondary N) is 1. The molecule has 1 aliphatic heterocycles. The Hall–Kier alpha value is -2.72. The molecule has 0 unspecified atom stereocenters. The Bertz CT molecular complexity index is 909. The lowest BCUT2D eigenvalue weighted by Gasteiger charge is -2.25. The van der Waals surface area contributed by atoms with Gasteiger partial charge in [-0.3, -0.25) is 9.78 Å². The summed E-state index contributed by atoms with van der Waals surface area (Å²) in [5, 5.41) is 6.08. The fourth-order valence-corrected chi connectivity index (χ4v) is 3.94. The van der Waals surface area contributed by atoms with Crippen LogP contribution in [0.2, 0.25) is 0 Å². The van der Waals surface area contributed by atoms with Crippen LogP contribution in [-0.4, -0.2) is 29.4 Å². The molecule has 26 heavy (non-hydrogen) atoms. The molecule has 3 aromatic rings. The van der Waals surface area contributed by atoms with Gasteiger partial charge in [0.15, 0.2) is 0 Å². The third kappa shape index (κ3) is 3.33. The van der Waals surface area contributed by atoms with Crippen molar-refractivity contribution in [2.75, 3.05) is 13.6 Å². The first kappa shape index (κ1) is 16.7. The minimum Gasteiger partial charge on any atom is -0.338 e. The Morgan fingerprint density at radius 3 is 2.65 bits per heavy atom. The number of carbonyl (C=O) groups excluding carboxylic acids is 1. The molecular weight excluding hydrogens is 322 g/mol. The summed E-state index contributed by atoms with van der Waals surface area (Å²) in [6.07, 6.45) is 4.19. The van der Waals surface area contributed by atoms with E-state index in [1.165, 1.54) is 16.3 Å². The van der Waals surface area contributed by atoms with E-state index in [0.717, 1.165) is 18.7 Å². The molecule has 4 heteroatoms. The number of benzene rings is 2. The van der Waals surface area contributed by atoms with Crippen LogP contribution in [0, 0.1) is 5.92 Å². The molecule has 2 aromatic carbocycles. The highest BCUT2D eigenvalue weighted by Crippen LogP contribution is 2.36. The first-order chi connectivity index (χ1) is 12.7. The van der Waals surface area contributed by atoms with Gasteiger partial charge in [-0.25, -0.2) is 0 Å². The zero-order valence-corrected chi connectivity index (χ0v) is 14.9. The van der Waals surface area contributed by atoms with E-state index in [2.05, 4.69) is 52.8 Å². The Morgan fingerprint density at radius 2 is 1.85 bits per heavy atom.